The molecule has 21 heavy (non-hydrogen) atoms. The van der Waals surface area contributed by atoms with Gasteiger partial charge in [-0.3, -0.25) is 0 Å². The van der Waals surface area contributed by atoms with Crippen molar-refractivity contribution in [2.45, 2.75) is 31.7 Å². The maximum absolute atomic E-state index is 12.4. The zero-order valence-corrected chi connectivity index (χ0v) is 13.4. The molecule has 0 aliphatic carbocycles. The molecule has 2 aromatic rings. The van der Waals surface area contributed by atoms with Gasteiger partial charge in [0, 0.05) is 11.6 Å². The van der Waals surface area contributed by atoms with Gasteiger partial charge in [0.2, 0.25) is 10.0 Å². The first kappa shape index (κ1) is 15.8. The lowest BCUT2D eigenvalue weighted by Gasteiger charge is -2.14. The molecule has 0 aliphatic heterocycles. The Bertz CT molecular complexity index is 751. The van der Waals surface area contributed by atoms with Gasteiger partial charge in [-0.2, -0.15) is 0 Å². The van der Waals surface area contributed by atoms with Crippen LogP contribution in [0.25, 0.3) is 0 Å². The highest BCUT2D eigenvalue weighted by Crippen LogP contribution is 2.25. The van der Waals surface area contributed by atoms with Crippen LogP contribution in [-0.2, 0) is 10.0 Å². The summed E-state index contributed by atoms with van der Waals surface area (Å²) in [6.45, 7) is 5.22. The molecule has 0 fully saturated rings. The van der Waals surface area contributed by atoms with E-state index in [1.54, 1.807) is 20.8 Å². The fourth-order valence-corrected chi connectivity index (χ4v) is 3.52. The standard InChI is InChI=1S/C13H16ClN3O3S/c1-7-13(9(3)20-16-7)8(2)17-21(18,19)10-4-5-11(14)12(15)6-10/h4-6,8,17H,15H2,1-3H3. The molecule has 1 heterocycles. The molecule has 3 N–H and O–H groups in total. The van der Waals surface area contributed by atoms with Gasteiger partial charge in [0.05, 0.1) is 21.3 Å². The number of hydrogen-bond donors (Lipinski definition) is 2. The van der Waals surface area contributed by atoms with Gasteiger partial charge in [0.25, 0.3) is 0 Å². The van der Waals surface area contributed by atoms with Gasteiger partial charge in [-0.05, 0) is 39.0 Å². The van der Waals surface area contributed by atoms with Crippen LogP contribution >= 0.6 is 11.6 Å². The molecule has 6 nitrogen and oxygen atoms in total. The first-order valence-electron chi connectivity index (χ1n) is 6.22. The number of nitrogens with one attached hydrogen (secondary N) is 1. The molecule has 0 saturated heterocycles. The molecule has 0 amide bonds. The molecule has 1 aromatic heterocycles. The topological polar surface area (TPSA) is 98.2 Å². The highest BCUT2D eigenvalue weighted by Gasteiger charge is 2.23. The van der Waals surface area contributed by atoms with Crippen molar-refractivity contribution in [1.82, 2.24) is 9.88 Å². The van der Waals surface area contributed by atoms with Gasteiger partial charge in [0.15, 0.2) is 0 Å². The van der Waals surface area contributed by atoms with E-state index in [1.807, 2.05) is 0 Å². The predicted molar refractivity (Wildman–Crippen MR) is 80.6 cm³/mol. The number of benzene rings is 1. The summed E-state index contributed by atoms with van der Waals surface area (Å²) < 4.78 is 32.4. The number of nitrogens with zero attached hydrogens (tertiary/aromatic N) is 1. The SMILES string of the molecule is Cc1noc(C)c1C(C)NS(=O)(=O)c1ccc(Cl)c(N)c1. The summed E-state index contributed by atoms with van der Waals surface area (Å²) in [4.78, 5) is 0.0583. The molecule has 2 rings (SSSR count). The fourth-order valence-electron chi connectivity index (χ4n) is 2.16. The Balaban J connectivity index is 2.31. The van der Waals surface area contributed by atoms with Gasteiger partial charge in [-0.1, -0.05) is 16.8 Å². The second-order valence-corrected chi connectivity index (χ2v) is 6.89. The first-order chi connectivity index (χ1) is 9.72. The number of nitrogens with two attached hydrogens (primary N) is 1. The summed E-state index contributed by atoms with van der Waals surface area (Å²) in [7, 11) is -3.72. The highest BCUT2D eigenvalue weighted by atomic mass is 35.5. The zero-order valence-electron chi connectivity index (χ0n) is 11.8. The van der Waals surface area contributed by atoms with E-state index in [0.717, 1.165) is 5.56 Å². The molecule has 1 aromatic carbocycles. The van der Waals surface area contributed by atoms with Crippen LogP contribution in [0.2, 0.25) is 5.02 Å². The molecule has 1 atom stereocenters. The Hall–Kier alpha value is -1.57. The van der Waals surface area contributed by atoms with E-state index in [1.165, 1.54) is 18.2 Å². The average molecular weight is 330 g/mol. The fraction of sp³-hybridized carbons (Fsp3) is 0.308. The third-order valence-electron chi connectivity index (χ3n) is 3.13. The lowest BCUT2D eigenvalue weighted by Crippen LogP contribution is -2.27. The van der Waals surface area contributed by atoms with Crippen LogP contribution in [0.1, 0.15) is 30.0 Å². The van der Waals surface area contributed by atoms with Gasteiger partial charge < -0.3 is 10.3 Å². The van der Waals surface area contributed by atoms with Crippen LogP contribution in [0.3, 0.4) is 0 Å². The summed E-state index contributed by atoms with van der Waals surface area (Å²) >= 11 is 5.80. The summed E-state index contributed by atoms with van der Waals surface area (Å²) in [5.41, 5.74) is 7.23. The summed E-state index contributed by atoms with van der Waals surface area (Å²) in [6.07, 6.45) is 0. The monoisotopic (exact) mass is 329 g/mol. The molecule has 0 spiro atoms. The molecule has 114 valence electrons. The quantitative estimate of drug-likeness (QED) is 0.840. The van der Waals surface area contributed by atoms with Crippen LogP contribution in [0.5, 0.6) is 0 Å². The van der Waals surface area contributed by atoms with E-state index >= 15 is 0 Å². The number of nitrogen functional groups attached to an aromatic ring is 1. The van der Waals surface area contributed by atoms with Crippen molar-refractivity contribution >= 4 is 27.3 Å². The molecular formula is C13H16ClN3O3S. The van der Waals surface area contributed by atoms with Crippen LogP contribution in [0, 0.1) is 13.8 Å². The molecule has 0 aliphatic rings. The summed E-state index contributed by atoms with van der Waals surface area (Å²) in [6, 6.07) is 3.70. The van der Waals surface area contributed by atoms with E-state index in [2.05, 4.69) is 9.88 Å². The lowest BCUT2D eigenvalue weighted by molar-refractivity contribution is 0.391. The Labute approximate surface area is 128 Å². The minimum atomic E-state index is -3.72. The second kappa shape index (κ2) is 5.67. The first-order valence-corrected chi connectivity index (χ1v) is 8.08. The number of hydrogen-bond acceptors (Lipinski definition) is 5. The summed E-state index contributed by atoms with van der Waals surface area (Å²) in [5, 5.41) is 4.13. The average Bonchev–Trinajstić information content (AvgIpc) is 2.71. The van der Waals surface area contributed by atoms with E-state index in [9.17, 15) is 8.42 Å². The number of aromatic nitrogens is 1. The number of rotatable bonds is 4. The normalized spacial score (nSPS) is 13.3. The molecular weight excluding hydrogens is 314 g/mol. The Morgan fingerprint density at radius 1 is 1.38 bits per heavy atom. The van der Waals surface area contributed by atoms with Gasteiger partial charge in [-0.25, -0.2) is 13.1 Å². The van der Waals surface area contributed by atoms with E-state index < -0.39 is 16.1 Å². The lowest BCUT2D eigenvalue weighted by atomic mass is 10.1. The van der Waals surface area contributed by atoms with Crippen molar-refractivity contribution in [1.29, 1.82) is 0 Å². The van der Waals surface area contributed by atoms with Crippen molar-refractivity contribution in [2.24, 2.45) is 0 Å². The van der Waals surface area contributed by atoms with Crippen molar-refractivity contribution in [3.05, 3.63) is 40.2 Å². The maximum atomic E-state index is 12.4. The van der Waals surface area contributed by atoms with Gasteiger partial charge in [0.1, 0.15) is 5.76 Å². The molecule has 1 unspecified atom stereocenters. The minimum Gasteiger partial charge on any atom is -0.397 e. The number of anilines is 1. The molecule has 0 saturated carbocycles. The van der Waals surface area contributed by atoms with Gasteiger partial charge in [-0.15, -0.1) is 0 Å². The van der Waals surface area contributed by atoms with Crippen molar-refractivity contribution < 1.29 is 12.9 Å². The van der Waals surface area contributed by atoms with E-state index in [4.69, 9.17) is 21.9 Å². The van der Waals surface area contributed by atoms with Crippen molar-refractivity contribution in [3.8, 4) is 0 Å². The molecule has 8 heteroatoms. The summed E-state index contributed by atoms with van der Waals surface area (Å²) in [5.74, 6) is 0.582. The third-order valence-corrected chi connectivity index (χ3v) is 5.01. The molecule has 0 radical (unpaired) electrons. The smallest absolute Gasteiger partial charge is 0.241 e. The number of sulfonamides is 1. The van der Waals surface area contributed by atoms with Crippen LogP contribution in [0.4, 0.5) is 5.69 Å². The largest absolute Gasteiger partial charge is 0.397 e. The Kier molecular flexibility index (Phi) is 4.27. The van der Waals surface area contributed by atoms with E-state index in [0.29, 0.717) is 16.5 Å². The highest BCUT2D eigenvalue weighted by molar-refractivity contribution is 7.89. The second-order valence-electron chi connectivity index (χ2n) is 4.76. The number of aryl methyl sites for hydroxylation is 2. The van der Waals surface area contributed by atoms with Crippen LogP contribution in [-0.4, -0.2) is 13.6 Å². The van der Waals surface area contributed by atoms with Gasteiger partial charge >= 0.3 is 0 Å². The Morgan fingerprint density at radius 2 is 2.05 bits per heavy atom. The van der Waals surface area contributed by atoms with Crippen LogP contribution in [0.15, 0.2) is 27.6 Å². The maximum Gasteiger partial charge on any atom is 0.241 e. The van der Waals surface area contributed by atoms with Crippen LogP contribution < -0.4 is 10.5 Å². The van der Waals surface area contributed by atoms with Crippen molar-refractivity contribution in [3.63, 3.8) is 0 Å². The number of halogens is 1. The predicted octanol–water partition coefficient (Wildman–Crippen LogP) is 2.57. The van der Waals surface area contributed by atoms with E-state index in [-0.39, 0.29) is 10.6 Å². The van der Waals surface area contributed by atoms with Crippen molar-refractivity contribution in [2.75, 3.05) is 5.73 Å². The minimum absolute atomic E-state index is 0.0583. The zero-order chi connectivity index (χ0) is 15.8. The third kappa shape index (κ3) is 3.20. The molecule has 0 bridgehead atoms. The Morgan fingerprint density at radius 3 is 2.57 bits per heavy atom.